The van der Waals surface area contributed by atoms with E-state index in [2.05, 4.69) is 36.4 Å². The molecule has 0 radical (unpaired) electrons. The number of nitrogens with two attached hydrogens (primary N) is 2. The SMILES string of the molecule is CC(C)(C)OC(=O)N(CCN)[C@@H](CSC(c1ccccc1)(c1ccccc1)c1ccccc1)C(N)=O. The molecule has 0 aliphatic carbocycles. The van der Waals surface area contributed by atoms with Crippen LogP contribution in [0.15, 0.2) is 91.0 Å². The summed E-state index contributed by atoms with van der Waals surface area (Å²) in [6.45, 7) is 5.67. The maximum Gasteiger partial charge on any atom is 0.411 e. The lowest BCUT2D eigenvalue weighted by molar-refractivity contribution is -0.122. The number of benzene rings is 3. The predicted octanol–water partition coefficient (Wildman–Crippen LogP) is 4.76. The van der Waals surface area contributed by atoms with E-state index in [1.165, 1.54) is 4.90 Å². The number of rotatable bonds is 10. The van der Waals surface area contributed by atoms with E-state index in [-0.39, 0.29) is 18.8 Å². The lowest BCUT2D eigenvalue weighted by atomic mass is 9.84. The number of ether oxygens (including phenoxy) is 1. The van der Waals surface area contributed by atoms with Crippen LogP contribution in [0.3, 0.4) is 0 Å². The normalized spacial score (nSPS) is 12.6. The molecule has 0 heterocycles. The second kappa shape index (κ2) is 12.1. The van der Waals surface area contributed by atoms with Gasteiger partial charge in [0.25, 0.3) is 0 Å². The molecule has 190 valence electrons. The first kappa shape index (κ1) is 27.3. The van der Waals surface area contributed by atoms with Crippen LogP contribution in [0.5, 0.6) is 0 Å². The van der Waals surface area contributed by atoms with Gasteiger partial charge in [0.05, 0.1) is 4.75 Å². The summed E-state index contributed by atoms with van der Waals surface area (Å²) in [7, 11) is 0. The fraction of sp³-hybridized carbons (Fsp3) is 0.310. The minimum atomic E-state index is -0.913. The number of amides is 2. The number of thioether (sulfide) groups is 1. The molecule has 0 saturated carbocycles. The molecule has 1 atom stereocenters. The van der Waals surface area contributed by atoms with Gasteiger partial charge in [-0.25, -0.2) is 4.79 Å². The molecule has 0 aliphatic heterocycles. The van der Waals surface area contributed by atoms with Crippen LogP contribution < -0.4 is 11.5 Å². The van der Waals surface area contributed by atoms with Crippen LogP contribution in [0, 0.1) is 0 Å². The van der Waals surface area contributed by atoms with Gasteiger partial charge in [0.15, 0.2) is 0 Å². The van der Waals surface area contributed by atoms with E-state index in [0.717, 1.165) is 16.7 Å². The van der Waals surface area contributed by atoms with Crippen molar-refractivity contribution in [3.63, 3.8) is 0 Å². The Morgan fingerprint density at radius 3 is 1.58 bits per heavy atom. The van der Waals surface area contributed by atoms with Crippen LogP contribution in [0.25, 0.3) is 0 Å². The molecule has 6 nitrogen and oxygen atoms in total. The summed E-state index contributed by atoms with van der Waals surface area (Å²) in [5.74, 6) is -0.363. The minimum absolute atomic E-state index is 0.151. The van der Waals surface area contributed by atoms with Crippen molar-refractivity contribution in [2.24, 2.45) is 11.5 Å². The maximum atomic E-state index is 13.1. The first-order valence-corrected chi connectivity index (χ1v) is 13.0. The van der Waals surface area contributed by atoms with E-state index >= 15 is 0 Å². The zero-order valence-corrected chi connectivity index (χ0v) is 21.9. The van der Waals surface area contributed by atoms with Gasteiger partial charge in [-0.05, 0) is 37.5 Å². The average Bonchev–Trinajstić information content (AvgIpc) is 2.86. The second-order valence-corrected chi connectivity index (χ2v) is 10.7. The molecular weight excluding hydrogens is 470 g/mol. The van der Waals surface area contributed by atoms with Gasteiger partial charge in [-0.15, -0.1) is 11.8 Å². The van der Waals surface area contributed by atoms with Crippen LogP contribution in [0.2, 0.25) is 0 Å². The molecule has 0 saturated heterocycles. The summed E-state index contributed by atoms with van der Waals surface area (Å²) in [5.41, 5.74) is 14.1. The number of hydrogen-bond acceptors (Lipinski definition) is 5. The van der Waals surface area contributed by atoms with Crippen LogP contribution in [0.4, 0.5) is 4.79 Å². The summed E-state index contributed by atoms with van der Waals surface area (Å²) in [6.07, 6.45) is -0.609. The van der Waals surface area contributed by atoms with E-state index in [1.807, 2.05) is 54.6 Å². The van der Waals surface area contributed by atoms with E-state index in [4.69, 9.17) is 16.2 Å². The Kier molecular flexibility index (Phi) is 9.18. The Labute approximate surface area is 218 Å². The molecule has 0 aliphatic rings. The molecule has 0 unspecified atom stereocenters. The van der Waals surface area contributed by atoms with E-state index in [0.29, 0.717) is 0 Å². The van der Waals surface area contributed by atoms with Crippen molar-refractivity contribution in [2.45, 2.75) is 37.2 Å². The standard InChI is InChI=1S/C29H35N3O3S/c1-28(2,3)35-27(34)32(20-19-30)25(26(31)33)21-36-29(22-13-7-4-8-14-22,23-15-9-5-10-16-23)24-17-11-6-12-18-24/h4-18,25H,19-21,30H2,1-3H3,(H2,31,33)/t25-/m0/s1. The molecule has 0 aromatic heterocycles. The summed E-state index contributed by atoms with van der Waals surface area (Å²) in [4.78, 5) is 27.1. The highest BCUT2D eigenvalue weighted by molar-refractivity contribution is 8.00. The van der Waals surface area contributed by atoms with E-state index in [1.54, 1.807) is 32.5 Å². The molecule has 3 aromatic rings. The summed E-state index contributed by atoms with van der Waals surface area (Å²) in [6, 6.07) is 29.5. The van der Waals surface area contributed by atoms with Gasteiger partial charge in [-0.1, -0.05) is 91.0 Å². The summed E-state index contributed by atoms with van der Waals surface area (Å²) < 4.78 is 4.93. The van der Waals surface area contributed by atoms with Crippen molar-refractivity contribution in [3.05, 3.63) is 108 Å². The zero-order valence-electron chi connectivity index (χ0n) is 21.1. The van der Waals surface area contributed by atoms with E-state index < -0.39 is 28.4 Å². The molecule has 0 fully saturated rings. The Balaban J connectivity index is 2.10. The van der Waals surface area contributed by atoms with Crippen LogP contribution in [-0.2, 0) is 14.3 Å². The van der Waals surface area contributed by atoms with Crippen LogP contribution >= 0.6 is 11.8 Å². The maximum absolute atomic E-state index is 13.1. The lowest BCUT2D eigenvalue weighted by Gasteiger charge is -2.38. The third kappa shape index (κ3) is 6.47. The molecule has 36 heavy (non-hydrogen) atoms. The van der Waals surface area contributed by atoms with Crippen molar-refractivity contribution in [1.82, 2.24) is 4.90 Å². The summed E-state index contributed by atoms with van der Waals surface area (Å²) >= 11 is 1.56. The Morgan fingerprint density at radius 2 is 1.25 bits per heavy atom. The predicted molar refractivity (Wildman–Crippen MR) is 147 cm³/mol. The van der Waals surface area contributed by atoms with Crippen molar-refractivity contribution >= 4 is 23.8 Å². The Morgan fingerprint density at radius 1 is 0.833 bits per heavy atom. The second-order valence-electron chi connectivity index (χ2n) is 9.47. The molecule has 3 aromatic carbocycles. The summed E-state index contributed by atoms with van der Waals surface area (Å²) in [5, 5.41) is 0. The Bertz CT molecular complexity index is 1020. The van der Waals surface area contributed by atoms with Gasteiger partial charge >= 0.3 is 6.09 Å². The zero-order chi connectivity index (χ0) is 26.2. The van der Waals surface area contributed by atoms with Gasteiger partial charge in [-0.2, -0.15) is 0 Å². The van der Waals surface area contributed by atoms with Gasteiger partial charge in [0, 0.05) is 18.8 Å². The van der Waals surface area contributed by atoms with Gasteiger partial charge in [0.1, 0.15) is 11.6 Å². The molecule has 0 spiro atoms. The molecule has 3 rings (SSSR count). The molecule has 2 amide bonds. The van der Waals surface area contributed by atoms with Crippen molar-refractivity contribution in [3.8, 4) is 0 Å². The number of hydrogen-bond donors (Lipinski definition) is 2. The number of carbonyl (C=O) groups is 2. The number of primary amides is 1. The van der Waals surface area contributed by atoms with Gasteiger partial charge < -0.3 is 16.2 Å². The molecular formula is C29H35N3O3S. The largest absolute Gasteiger partial charge is 0.444 e. The third-order valence-corrected chi connectivity index (χ3v) is 7.32. The molecule has 7 heteroatoms. The highest BCUT2D eigenvalue weighted by atomic mass is 32.2. The quantitative estimate of drug-likeness (QED) is 0.387. The topological polar surface area (TPSA) is 98.7 Å². The minimum Gasteiger partial charge on any atom is -0.444 e. The van der Waals surface area contributed by atoms with Crippen LogP contribution in [0.1, 0.15) is 37.5 Å². The lowest BCUT2D eigenvalue weighted by Crippen LogP contribution is -2.53. The molecule has 4 N–H and O–H groups in total. The fourth-order valence-electron chi connectivity index (χ4n) is 4.13. The first-order valence-electron chi connectivity index (χ1n) is 12.0. The Hall–Kier alpha value is -3.29. The fourth-order valence-corrected chi connectivity index (χ4v) is 5.79. The average molecular weight is 506 g/mol. The molecule has 0 bridgehead atoms. The third-order valence-electron chi connectivity index (χ3n) is 5.70. The first-order chi connectivity index (χ1) is 17.2. The van der Waals surface area contributed by atoms with E-state index in [9.17, 15) is 9.59 Å². The highest BCUT2D eigenvalue weighted by Gasteiger charge is 2.40. The van der Waals surface area contributed by atoms with Crippen molar-refractivity contribution < 1.29 is 14.3 Å². The number of nitrogens with zero attached hydrogens (tertiary/aromatic N) is 1. The van der Waals surface area contributed by atoms with Gasteiger partial charge in [0.2, 0.25) is 5.91 Å². The van der Waals surface area contributed by atoms with Gasteiger partial charge in [-0.3, -0.25) is 9.69 Å². The van der Waals surface area contributed by atoms with Crippen LogP contribution in [-0.4, -0.2) is 47.4 Å². The smallest absolute Gasteiger partial charge is 0.411 e. The van der Waals surface area contributed by atoms with Crippen molar-refractivity contribution in [1.29, 1.82) is 0 Å². The highest BCUT2D eigenvalue weighted by Crippen LogP contribution is 2.48. The van der Waals surface area contributed by atoms with Crippen molar-refractivity contribution in [2.75, 3.05) is 18.8 Å². The monoisotopic (exact) mass is 505 g/mol. The number of carbonyl (C=O) groups excluding carboxylic acids is 2.